The summed E-state index contributed by atoms with van der Waals surface area (Å²) in [6.45, 7) is 8.71. The van der Waals surface area contributed by atoms with Gasteiger partial charge in [0.1, 0.15) is 0 Å². The van der Waals surface area contributed by atoms with Gasteiger partial charge in [-0.3, -0.25) is 4.99 Å². The number of nitrogens with one attached hydrogen (secondary N) is 2. The molecular weight excluding hydrogens is 338 g/mol. The lowest BCUT2D eigenvalue weighted by atomic mass is 9.97. The van der Waals surface area contributed by atoms with Crippen molar-refractivity contribution in [3.05, 3.63) is 59.7 Å². The second-order valence-electron chi connectivity index (χ2n) is 7.63. The van der Waals surface area contributed by atoms with Crippen molar-refractivity contribution in [3.63, 3.8) is 0 Å². The largest absolute Gasteiger partial charge is 0.350 e. The molecule has 1 aromatic heterocycles. The van der Waals surface area contributed by atoms with Crippen LogP contribution in [-0.4, -0.2) is 23.1 Å². The maximum absolute atomic E-state index is 5.33. The number of nitrogens with zero attached hydrogens (tertiary/aromatic N) is 3. The quantitative estimate of drug-likeness (QED) is 0.541. The van der Waals surface area contributed by atoms with Gasteiger partial charge in [-0.1, -0.05) is 68.4 Å². The highest BCUT2D eigenvalue weighted by molar-refractivity contribution is 5.87. The molecule has 1 unspecified atom stereocenters. The Morgan fingerprint density at radius 3 is 2.59 bits per heavy atom. The Kier molecular flexibility index (Phi) is 5.44. The van der Waals surface area contributed by atoms with Crippen molar-refractivity contribution in [2.75, 3.05) is 7.05 Å². The molecule has 1 heterocycles. The molecule has 2 N–H and O–H groups in total. The Balaban J connectivity index is 1.67. The molecule has 0 spiro atoms. The third-order valence-corrected chi connectivity index (χ3v) is 4.39. The second-order valence-corrected chi connectivity index (χ2v) is 7.63. The number of guanidine groups is 1. The maximum Gasteiger partial charge on any atom is 0.232 e. The van der Waals surface area contributed by atoms with Gasteiger partial charge >= 0.3 is 0 Å². The van der Waals surface area contributed by atoms with Crippen LogP contribution in [0.4, 0.5) is 0 Å². The molecule has 27 heavy (non-hydrogen) atoms. The van der Waals surface area contributed by atoms with Crippen molar-refractivity contribution in [1.82, 2.24) is 20.8 Å². The summed E-state index contributed by atoms with van der Waals surface area (Å²) in [4.78, 5) is 8.76. The van der Waals surface area contributed by atoms with E-state index in [9.17, 15) is 0 Å². The molecule has 3 aromatic rings. The minimum atomic E-state index is -0.159. The Bertz CT molecular complexity index is 934. The Morgan fingerprint density at radius 1 is 1.15 bits per heavy atom. The smallest absolute Gasteiger partial charge is 0.232 e. The Hall–Kier alpha value is -2.89. The van der Waals surface area contributed by atoms with E-state index < -0.39 is 0 Å². The van der Waals surface area contributed by atoms with Crippen molar-refractivity contribution >= 4 is 16.7 Å². The molecule has 3 rings (SSSR count). The zero-order valence-electron chi connectivity index (χ0n) is 16.6. The minimum absolute atomic E-state index is 0.0951. The normalized spacial score (nSPS) is 13.6. The maximum atomic E-state index is 5.33. The van der Waals surface area contributed by atoms with Crippen LogP contribution in [-0.2, 0) is 12.0 Å². The van der Waals surface area contributed by atoms with Gasteiger partial charge in [-0.05, 0) is 23.3 Å². The molecule has 0 saturated heterocycles. The van der Waals surface area contributed by atoms with Crippen LogP contribution in [0.2, 0.25) is 0 Å². The first kappa shape index (κ1) is 18.9. The van der Waals surface area contributed by atoms with Crippen molar-refractivity contribution in [1.29, 1.82) is 0 Å². The van der Waals surface area contributed by atoms with E-state index in [2.05, 4.69) is 75.2 Å². The fourth-order valence-corrected chi connectivity index (χ4v) is 2.90. The minimum Gasteiger partial charge on any atom is -0.350 e. The Morgan fingerprint density at radius 2 is 1.89 bits per heavy atom. The van der Waals surface area contributed by atoms with Crippen molar-refractivity contribution < 1.29 is 4.52 Å². The number of hydrogen-bond acceptors (Lipinski definition) is 4. The molecule has 6 nitrogen and oxygen atoms in total. The topological polar surface area (TPSA) is 75.3 Å². The highest BCUT2D eigenvalue weighted by Crippen LogP contribution is 2.24. The lowest BCUT2D eigenvalue weighted by molar-refractivity contribution is 0.318. The van der Waals surface area contributed by atoms with Crippen LogP contribution in [0.1, 0.15) is 51.0 Å². The SMILES string of the molecule is CN=C(NCc1noc(C(C)(C)C)n1)NC(C)c1cccc2ccccc12. The van der Waals surface area contributed by atoms with Gasteiger partial charge in [0, 0.05) is 12.5 Å². The van der Waals surface area contributed by atoms with E-state index in [0.717, 1.165) is 0 Å². The molecule has 6 heteroatoms. The van der Waals surface area contributed by atoms with E-state index in [4.69, 9.17) is 4.52 Å². The number of aromatic nitrogens is 2. The van der Waals surface area contributed by atoms with Crippen LogP contribution in [0.25, 0.3) is 10.8 Å². The van der Waals surface area contributed by atoms with Gasteiger partial charge < -0.3 is 15.2 Å². The van der Waals surface area contributed by atoms with Gasteiger partial charge in [0.05, 0.1) is 12.6 Å². The van der Waals surface area contributed by atoms with E-state index in [0.29, 0.717) is 24.2 Å². The fraction of sp³-hybridized carbons (Fsp3) is 0.381. The molecule has 142 valence electrons. The molecule has 0 fully saturated rings. The zero-order chi connectivity index (χ0) is 19.4. The van der Waals surface area contributed by atoms with Crippen LogP contribution in [0, 0.1) is 0 Å². The predicted molar refractivity (Wildman–Crippen MR) is 109 cm³/mol. The summed E-state index contributed by atoms with van der Waals surface area (Å²) in [5.74, 6) is 1.93. The van der Waals surface area contributed by atoms with E-state index in [1.165, 1.54) is 16.3 Å². The Labute approximate surface area is 160 Å². The van der Waals surface area contributed by atoms with E-state index in [-0.39, 0.29) is 11.5 Å². The van der Waals surface area contributed by atoms with Crippen LogP contribution >= 0.6 is 0 Å². The summed E-state index contributed by atoms with van der Waals surface area (Å²) >= 11 is 0. The summed E-state index contributed by atoms with van der Waals surface area (Å²) in [6, 6.07) is 14.8. The van der Waals surface area contributed by atoms with Crippen LogP contribution in [0.15, 0.2) is 52.0 Å². The highest BCUT2D eigenvalue weighted by atomic mass is 16.5. The third-order valence-electron chi connectivity index (χ3n) is 4.39. The second kappa shape index (κ2) is 7.78. The van der Waals surface area contributed by atoms with Crippen molar-refractivity contribution in [2.45, 2.75) is 45.7 Å². The lowest BCUT2D eigenvalue weighted by Gasteiger charge is -2.19. The number of fused-ring (bicyclic) bond motifs is 1. The van der Waals surface area contributed by atoms with Gasteiger partial charge in [-0.25, -0.2) is 0 Å². The van der Waals surface area contributed by atoms with Crippen molar-refractivity contribution in [2.24, 2.45) is 4.99 Å². The van der Waals surface area contributed by atoms with Gasteiger partial charge in [0.15, 0.2) is 11.8 Å². The average Bonchev–Trinajstić information content (AvgIpc) is 3.14. The van der Waals surface area contributed by atoms with E-state index >= 15 is 0 Å². The molecule has 0 aliphatic rings. The molecular formula is C21H27N5O. The lowest BCUT2D eigenvalue weighted by Crippen LogP contribution is -2.38. The molecule has 0 bridgehead atoms. The molecule has 2 aromatic carbocycles. The summed E-state index contributed by atoms with van der Waals surface area (Å²) in [6.07, 6.45) is 0. The highest BCUT2D eigenvalue weighted by Gasteiger charge is 2.21. The summed E-state index contributed by atoms with van der Waals surface area (Å²) in [5.41, 5.74) is 1.07. The summed E-state index contributed by atoms with van der Waals surface area (Å²) in [5, 5.41) is 13.2. The first-order valence-electron chi connectivity index (χ1n) is 9.16. The molecule has 0 amide bonds. The molecule has 0 aliphatic heterocycles. The van der Waals surface area contributed by atoms with Crippen LogP contribution in [0.5, 0.6) is 0 Å². The molecule has 1 atom stereocenters. The van der Waals surface area contributed by atoms with E-state index in [1.807, 2.05) is 20.8 Å². The zero-order valence-corrected chi connectivity index (χ0v) is 16.6. The summed E-state index contributed by atoms with van der Waals surface area (Å²) < 4.78 is 5.33. The predicted octanol–water partition coefficient (Wildman–Crippen LogP) is 3.95. The third kappa shape index (κ3) is 4.45. The van der Waals surface area contributed by atoms with E-state index in [1.54, 1.807) is 7.05 Å². The molecule has 0 saturated carbocycles. The number of benzene rings is 2. The first-order valence-corrected chi connectivity index (χ1v) is 9.16. The number of hydrogen-bond donors (Lipinski definition) is 2. The molecule has 0 aliphatic carbocycles. The average molecular weight is 365 g/mol. The standard InChI is InChI=1S/C21H27N5O/c1-14(16-12-8-10-15-9-6-7-11-17(15)16)24-20(22-5)23-13-18-25-19(27-26-18)21(2,3)4/h6-12,14H,13H2,1-5H3,(H2,22,23,24). The monoisotopic (exact) mass is 365 g/mol. The van der Waals surface area contributed by atoms with Gasteiger partial charge in [0.25, 0.3) is 0 Å². The van der Waals surface area contributed by atoms with Gasteiger partial charge in [0.2, 0.25) is 5.89 Å². The van der Waals surface area contributed by atoms with Gasteiger partial charge in [-0.15, -0.1) is 0 Å². The van der Waals surface area contributed by atoms with Crippen LogP contribution < -0.4 is 10.6 Å². The number of aliphatic imine (C=N–C) groups is 1. The van der Waals surface area contributed by atoms with Gasteiger partial charge in [-0.2, -0.15) is 4.98 Å². The van der Waals surface area contributed by atoms with Crippen LogP contribution in [0.3, 0.4) is 0 Å². The summed E-state index contributed by atoms with van der Waals surface area (Å²) in [7, 11) is 1.75. The first-order chi connectivity index (χ1) is 12.9. The molecule has 0 radical (unpaired) electrons. The fourth-order valence-electron chi connectivity index (χ4n) is 2.90. The van der Waals surface area contributed by atoms with Crippen molar-refractivity contribution in [3.8, 4) is 0 Å². The number of rotatable bonds is 4.